The molecule has 3 atom stereocenters. The topological polar surface area (TPSA) is 46.6 Å². The zero-order chi connectivity index (χ0) is 9.76. The van der Waals surface area contributed by atoms with Gasteiger partial charge in [-0.3, -0.25) is 13.3 Å². The highest BCUT2D eigenvalue weighted by molar-refractivity contribution is 8.07. The summed E-state index contributed by atoms with van der Waals surface area (Å²) in [7, 11) is -1.93. The minimum Gasteiger partial charge on any atom is -0.296 e. The fraction of sp³-hybridized carbons (Fsp3) is 1.00. The van der Waals surface area contributed by atoms with Gasteiger partial charge < -0.3 is 0 Å². The SMILES string of the molecule is O=[S@]1CC[S@](=O)C12CON1CCC[C@@H]12. The Kier molecular flexibility index (Phi) is 2.09. The lowest BCUT2D eigenvalue weighted by Crippen LogP contribution is -2.47. The van der Waals surface area contributed by atoms with Crippen LogP contribution >= 0.6 is 0 Å². The molecule has 80 valence electrons. The van der Waals surface area contributed by atoms with E-state index in [-0.39, 0.29) is 6.04 Å². The van der Waals surface area contributed by atoms with Gasteiger partial charge in [0.2, 0.25) is 0 Å². The first-order valence-corrected chi connectivity index (χ1v) is 7.55. The van der Waals surface area contributed by atoms with E-state index >= 15 is 0 Å². The van der Waals surface area contributed by atoms with Crippen LogP contribution in [0.5, 0.6) is 0 Å². The summed E-state index contributed by atoms with van der Waals surface area (Å²) in [6.45, 7) is 1.30. The third-order valence-electron chi connectivity index (χ3n) is 3.37. The summed E-state index contributed by atoms with van der Waals surface area (Å²) in [5.41, 5.74) is 0. The van der Waals surface area contributed by atoms with Crippen LogP contribution in [0.15, 0.2) is 0 Å². The zero-order valence-corrected chi connectivity index (χ0v) is 9.44. The van der Waals surface area contributed by atoms with Crippen molar-refractivity contribution < 1.29 is 13.3 Å². The lowest BCUT2D eigenvalue weighted by Gasteiger charge is -2.24. The van der Waals surface area contributed by atoms with E-state index in [0.717, 1.165) is 19.4 Å². The van der Waals surface area contributed by atoms with Crippen molar-refractivity contribution >= 4 is 21.6 Å². The van der Waals surface area contributed by atoms with Crippen LogP contribution in [-0.2, 0) is 26.4 Å². The highest BCUT2D eigenvalue weighted by atomic mass is 32.3. The lowest BCUT2D eigenvalue weighted by molar-refractivity contribution is -0.113. The summed E-state index contributed by atoms with van der Waals surface area (Å²) in [5, 5.41) is 1.90. The highest BCUT2D eigenvalue weighted by Crippen LogP contribution is 2.43. The van der Waals surface area contributed by atoms with Gasteiger partial charge in [0.25, 0.3) is 0 Å². The van der Waals surface area contributed by atoms with Crippen LogP contribution in [-0.4, -0.2) is 48.3 Å². The second-order valence-corrected chi connectivity index (χ2v) is 7.90. The molecule has 0 unspecified atom stereocenters. The van der Waals surface area contributed by atoms with Crippen LogP contribution in [0.2, 0.25) is 0 Å². The Morgan fingerprint density at radius 1 is 1.29 bits per heavy atom. The summed E-state index contributed by atoms with van der Waals surface area (Å²) in [4.78, 5) is 5.50. The van der Waals surface area contributed by atoms with Gasteiger partial charge in [-0.15, -0.1) is 0 Å². The average Bonchev–Trinajstić information content (AvgIpc) is 2.78. The number of hydrogen-bond acceptors (Lipinski definition) is 4. The molecule has 3 heterocycles. The summed E-state index contributed by atoms with van der Waals surface area (Å²) >= 11 is 0. The van der Waals surface area contributed by atoms with Gasteiger partial charge in [0, 0.05) is 39.6 Å². The number of hydrogen-bond donors (Lipinski definition) is 0. The fourth-order valence-electron chi connectivity index (χ4n) is 2.64. The standard InChI is InChI=1S/C8H13NO3S2/c10-13-4-5-14(11)8(13)6-12-9-3-1-2-7(8)9/h7H,1-6H2/t7-,13+,14+/m1/s1. The minimum absolute atomic E-state index is 0.145. The maximum absolute atomic E-state index is 12.0. The van der Waals surface area contributed by atoms with Crippen LogP contribution in [0.25, 0.3) is 0 Å². The predicted octanol–water partition coefficient (Wildman–Crippen LogP) is -0.397. The summed E-state index contributed by atoms with van der Waals surface area (Å²) in [6.07, 6.45) is 2.05. The van der Waals surface area contributed by atoms with Gasteiger partial charge in [-0.25, -0.2) is 0 Å². The van der Waals surface area contributed by atoms with Crippen LogP contribution < -0.4 is 0 Å². The largest absolute Gasteiger partial charge is 0.296 e. The van der Waals surface area contributed by atoms with Crippen molar-refractivity contribution in [3.63, 3.8) is 0 Å². The summed E-state index contributed by atoms with van der Waals surface area (Å²) in [5.74, 6) is 1.17. The van der Waals surface area contributed by atoms with Crippen molar-refractivity contribution in [1.29, 1.82) is 0 Å². The quantitative estimate of drug-likeness (QED) is 0.573. The van der Waals surface area contributed by atoms with Crippen LogP contribution in [0.1, 0.15) is 12.8 Å². The molecule has 4 nitrogen and oxygen atoms in total. The molecule has 3 saturated heterocycles. The second kappa shape index (κ2) is 3.10. The molecule has 1 spiro atoms. The molecule has 3 rings (SSSR count). The van der Waals surface area contributed by atoms with Gasteiger partial charge >= 0.3 is 0 Å². The zero-order valence-electron chi connectivity index (χ0n) is 7.81. The minimum atomic E-state index is -0.964. The second-order valence-electron chi connectivity index (χ2n) is 3.98. The molecule has 0 saturated carbocycles. The van der Waals surface area contributed by atoms with Crippen molar-refractivity contribution in [2.24, 2.45) is 0 Å². The predicted molar refractivity (Wildman–Crippen MR) is 54.4 cm³/mol. The van der Waals surface area contributed by atoms with Gasteiger partial charge in [0.15, 0.2) is 4.08 Å². The number of rotatable bonds is 0. The fourth-order valence-corrected chi connectivity index (χ4v) is 7.32. The third kappa shape index (κ3) is 1.00. The third-order valence-corrected chi connectivity index (χ3v) is 8.21. The Morgan fingerprint density at radius 3 is 2.71 bits per heavy atom. The first kappa shape index (κ1) is 9.45. The molecule has 0 aromatic rings. The molecule has 0 amide bonds. The van der Waals surface area contributed by atoms with Gasteiger partial charge in [-0.1, -0.05) is 0 Å². The van der Waals surface area contributed by atoms with E-state index in [1.807, 2.05) is 5.06 Å². The molecule has 3 aliphatic rings. The van der Waals surface area contributed by atoms with E-state index in [1.54, 1.807) is 0 Å². The van der Waals surface area contributed by atoms with Crippen molar-refractivity contribution in [3.8, 4) is 0 Å². The van der Waals surface area contributed by atoms with Gasteiger partial charge in [0.1, 0.15) is 0 Å². The summed E-state index contributed by atoms with van der Waals surface area (Å²) in [6, 6.07) is 0.145. The Labute approximate surface area is 87.9 Å². The number of fused-ring (bicyclic) bond motifs is 2. The molecule has 0 bridgehead atoms. The number of nitrogens with zero attached hydrogens (tertiary/aromatic N) is 1. The summed E-state index contributed by atoms with van der Waals surface area (Å²) < 4.78 is 23.4. The molecular weight excluding hydrogens is 222 g/mol. The van der Waals surface area contributed by atoms with Gasteiger partial charge in [-0.05, 0) is 12.8 Å². The maximum atomic E-state index is 12.0. The Hall–Kier alpha value is 0.220. The van der Waals surface area contributed by atoms with Crippen LogP contribution in [0.4, 0.5) is 0 Å². The van der Waals surface area contributed by atoms with Crippen molar-refractivity contribution in [2.45, 2.75) is 23.0 Å². The van der Waals surface area contributed by atoms with Crippen molar-refractivity contribution in [2.75, 3.05) is 24.7 Å². The smallest absolute Gasteiger partial charge is 0.163 e. The van der Waals surface area contributed by atoms with E-state index in [0.29, 0.717) is 18.1 Å². The first-order valence-electron chi connectivity index (χ1n) is 4.92. The molecule has 3 aliphatic heterocycles. The Bertz CT molecular complexity index is 304. The van der Waals surface area contributed by atoms with Gasteiger partial charge in [0.05, 0.1) is 12.6 Å². The van der Waals surface area contributed by atoms with E-state index in [9.17, 15) is 8.42 Å². The maximum Gasteiger partial charge on any atom is 0.163 e. The van der Waals surface area contributed by atoms with Crippen molar-refractivity contribution in [3.05, 3.63) is 0 Å². The van der Waals surface area contributed by atoms with Crippen LogP contribution in [0.3, 0.4) is 0 Å². The normalized spacial score (nSPS) is 46.1. The lowest BCUT2D eigenvalue weighted by atomic mass is 10.2. The average molecular weight is 235 g/mol. The molecule has 3 fully saturated rings. The van der Waals surface area contributed by atoms with Crippen molar-refractivity contribution in [1.82, 2.24) is 5.06 Å². The molecule has 0 N–H and O–H groups in total. The first-order chi connectivity index (χ1) is 6.75. The molecule has 0 aromatic carbocycles. The van der Waals surface area contributed by atoms with Gasteiger partial charge in [-0.2, -0.15) is 5.06 Å². The molecule has 6 heteroatoms. The van der Waals surface area contributed by atoms with E-state index < -0.39 is 25.7 Å². The monoisotopic (exact) mass is 235 g/mol. The van der Waals surface area contributed by atoms with E-state index in [4.69, 9.17) is 4.84 Å². The molecule has 0 radical (unpaired) electrons. The Morgan fingerprint density at radius 2 is 2.00 bits per heavy atom. The molecule has 14 heavy (non-hydrogen) atoms. The number of hydroxylamine groups is 2. The van der Waals surface area contributed by atoms with Crippen LogP contribution in [0, 0.1) is 0 Å². The van der Waals surface area contributed by atoms with E-state index in [2.05, 4.69) is 0 Å². The molecule has 0 aromatic heterocycles. The molecule has 0 aliphatic carbocycles. The highest BCUT2D eigenvalue weighted by Gasteiger charge is 2.61. The van der Waals surface area contributed by atoms with E-state index in [1.165, 1.54) is 0 Å². The molecular formula is C8H13NO3S2. The Balaban J connectivity index is 2.02.